The Bertz CT molecular complexity index is 884. The molecule has 1 aromatic heterocycles. The molecular formula is C24H27N3O2S. The van der Waals surface area contributed by atoms with Gasteiger partial charge >= 0.3 is 0 Å². The van der Waals surface area contributed by atoms with Crippen molar-refractivity contribution in [3.05, 3.63) is 82.9 Å². The Kier molecular flexibility index (Phi) is 7.24. The van der Waals surface area contributed by atoms with E-state index in [9.17, 15) is 4.79 Å². The number of hydrogen-bond acceptors (Lipinski definition) is 5. The van der Waals surface area contributed by atoms with Crippen LogP contribution in [0.2, 0.25) is 0 Å². The molecule has 2 aromatic carbocycles. The van der Waals surface area contributed by atoms with Crippen molar-refractivity contribution >= 4 is 22.4 Å². The number of benzene rings is 2. The minimum Gasteiger partial charge on any atom is -0.359 e. The van der Waals surface area contributed by atoms with Crippen molar-refractivity contribution in [3.8, 4) is 0 Å². The lowest BCUT2D eigenvalue weighted by Crippen LogP contribution is -2.29. The smallest absolute Gasteiger partial charge is 0.252 e. The van der Waals surface area contributed by atoms with E-state index < -0.39 is 0 Å². The Morgan fingerprint density at radius 2 is 1.63 bits per heavy atom. The molecule has 30 heavy (non-hydrogen) atoms. The zero-order valence-corrected chi connectivity index (χ0v) is 17.8. The van der Waals surface area contributed by atoms with Crippen LogP contribution in [-0.2, 0) is 16.1 Å². The molecule has 4 rings (SSSR count). The molecule has 1 aliphatic rings. The second-order valence-electron chi connectivity index (χ2n) is 7.54. The molecule has 2 heterocycles. The molecule has 0 atom stereocenters. The Morgan fingerprint density at radius 1 is 1.00 bits per heavy atom. The van der Waals surface area contributed by atoms with E-state index in [1.165, 1.54) is 30.6 Å². The molecule has 156 valence electrons. The summed E-state index contributed by atoms with van der Waals surface area (Å²) < 4.78 is 6.03. The second-order valence-corrected chi connectivity index (χ2v) is 8.40. The molecule has 0 unspecified atom stereocenters. The van der Waals surface area contributed by atoms with Gasteiger partial charge in [-0.3, -0.25) is 15.0 Å². The number of anilines is 1. The second kappa shape index (κ2) is 10.5. The molecule has 1 fully saturated rings. The summed E-state index contributed by atoms with van der Waals surface area (Å²) in [5.41, 5.74) is 3.06. The van der Waals surface area contributed by atoms with Crippen molar-refractivity contribution in [2.45, 2.75) is 31.9 Å². The zero-order chi connectivity index (χ0) is 20.6. The zero-order valence-electron chi connectivity index (χ0n) is 17.0. The third-order valence-corrected chi connectivity index (χ3v) is 6.02. The summed E-state index contributed by atoms with van der Waals surface area (Å²) in [6.07, 6.45) is 3.55. The van der Waals surface area contributed by atoms with Crippen LogP contribution < -0.4 is 5.32 Å². The average molecular weight is 422 g/mol. The maximum Gasteiger partial charge on any atom is 0.252 e. The highest BCUT2D eigenvalue weighted by molar-refractivity contribution is 7.13. The van der Waals surface area contributed by atoms with Gasteiger partial charge in [0.05, 0.1) is 5.69 Å². The number of nitrogens with one attached hydrogen (secondary N) is 1. The van der Waals surface area contributed by atoms with Gasteiger partial charge in [-0.1, -0.05) is 67.1 Å². The number of carbonyl (C=O) groups is 1. The van der Waals surface area contributed by atoms with E-state index >= 15 is 0 Å². The normalized spacial score (nSPS) is 14.7. The van der Waals surface area contributed by atoms with Crippen molar-refractivity contribution in [1.29, 1.82) is 0 Å². The fourth-order valence-electron chi connectivity index (χ4n) is 3.74. The van der Waals surface area contributed by atoms with Crippen LogP contribution >= 0.6 is 11.3 Å². The Morgan fingerprint density at radius 3 is 2.27 bits per heavy atom. The maximum atomic E-state index is 12.5. The first kappa shape index (κ1) is 20.7. The summed E-state index contributed by atoms with van der Waals surface area (Å²) in [6, 6.07) is 19.9. The molecule has 6 heteroatoms. The predicted octanol–water partition coefficient (Wildman–Crippen LogP) is 4.87. The average Bonchev–Trinajstić information content (AvgIpc) is 3.22. The quantitative estimate of drug-likeness (QED) is 0.564. The third-order valence-electron chi connectivity index (χ3n) is 5.22. The van der Waals surface area contributed by atoms with Gasteiger partial charge < -0.3 is 4.74 Å². The molecule has 1 N–H and O–H groups in total. The van der Waals surface area contributed by atoms with E-state index in [1.54, 1.807) is 0 Å². The summed E-state index contributed by atoms with van der Waals surface area (Å²) in [5, 5.41) is 5.54. The summed E-state index contributed by atoms with van der Waals surface area (Å²) >= 11 is 1.47. The van der Waals surface area contributed by atoms with Gasteiger partial charge in [0.25, 0.3) is 5.91 Å². The lowest BCUT2D eigenvalue weighted by molar-refractivity contribution is -0.121. The van der Waals surface area contributed by atoms with E-state index in [0.29, 0.717) is 5.13 Å². The molecule has 0 aliphatic carbocycles. The third kappa shape index (κ3) is 5.75. The first-order chi connectivity index (χ1) is 14.8. The number of thiazole rings is 1. The first-order valence-corrected chi connectivity index (χ1v) is 11.3. The van der Waals surface area contributed by atoms with Crippen molar-refractivity contribution in [3.63, 3.8) is 0 Å². The highest BCUT2D eigenvalue weighted by Crippen LogP contribution is 2.26. The number of rotatable bonds is 8. The molecule has 1 saturated heterocycles. The fourth-order valence-corrected chi connectivity index (χ4v) is 4.46. The molecule has 1 amide bonds. The number of carbonyl (C=O) groups excluding carboxylic acids is 1. The van der Waals surface area contributed by atoms with Gasteiger partial charge in [-0.2, -0.15) is 0 Å². The summed E-state index contributed by atoms with van der Waals surface area (Å²) in [5.74, 6) is -0.189. The van der Waals surface area contributed by atoms with E-state index in [2.05, 4.69) is 15.2 Å². The largest absolute Gasteiger partial charge is 0.359 e. The molecule has 0 radical (unpaired) electrons. The Labute approximate surface area is 181 Å². The number of piperidine rings is 1. The minimum atomic E-state index is -0.288. The first-order valence-electron chi connectivity index (χ1n) is 10.5. The molecule has 0 bridgehead atoms. The highest BCUT2D eigenvalue weighted by atomic mass is 32.1. The number of likely N-dealkylation sites (tertiary alicyclic amines) is 1. The molecule has 0 spiro atoms. The van der Waals surface area contributed by atoms with Gasteiger partial charge in [-0.25, -0.2) is 4.98 Å². The number of nitrogens with zero attached hydrogens (tertiary/aromatic N) is 2. The van der Waals surface area contributed by atoms with Gasteiger partial charge in [-0.05, 0) is 37.1 Å². The van der Waals surface area contributed by atoms with Gasteiger partial charge in [-0.15, -0.1) is 11.3 Å². The lowest BCUT2D eigenvalue weighted by Gasteiger charge is -2.25. The van der Waals surface area contributed by atoms with E-state index in [0.717, 1.165) is 36.5 Å². The van der Waals surface area contributed by atoms with Crippen LogP contribution in [-0.4, -0.2) is 35.5 Å². The Balaban J connectivity index is 1.34. The summed E-state index contributed by atoms with van der Waals surface area (Å²) in [7, 11) is 0. The van der Waals surface area contributed by atoms with Gasteiger partial charge in [0.1, 0.15) is 12.7 Å². The van der Waals surface area contributed by atoms with E-state index in [4.69, 9.17) is 4.74 Å². The maximum absolute atomic E-state index is 12.5. The van der Waals surface area contributed by atoms with Crippen molar-refractivity contribution in [1.82, 2.24) is 9.88 Å². The van der Waals surface area contributed by atoms with E-state index in [-0.39, 0.29) is 18.6 Å². The lowest BCUT2D eigenvalue weighted by atomic mass is 10.0. The van der Waals surface area contributed by atoms with E-state index in [1.807, 2.05) is 66.0 Å². The van der Waals surface area contributed by atoms with Crippen LogP contribution in [0.1, 0.15) is 42.2 Å². The van der Waals surface area contributed by atoms with Gasteiger partial charge in [0.2, 0.25) is 0 Å². The van der Waals surface area contributed by atoms with Crippen molar-refractivity contribution in [2.24, 2.45) is 0 Å². The molecule has 1 aliphatic heterocycles. The van der Waals surface area contributed by atoms with Crippen LogP contribution in [0.4, 0.5) is 5.13 Å². The summed E-state index contributed by atoms with van der Waals surface area (Å²) in [4.78, 5) is 19.5. The van der Waals surface area contributed by atoms with Crippen LogP contribution in [0, 0.1) is 0 Å². The number of ether oxygens (including phenoxy) is 1. The van der Waals surface area contributed by atoms with Gasteiger partial charge in [0, 0.05) is 11.9 Å². The molecular weight excluding hydrogens is 394 g/mol. The van der Waals surface area contributed by atoms with Crippen LogP contribution in [0.3, 0.4) is 0 Å². The Hall–Kier alpha value is -2.54. The van der Waals surface area contributed by atoms with Crippen LogP contribution in [0.25, 0.3) is 0 Å². The standard InChI is InChI=1S/C24H27N3O2S/c28-22(26-24-25-21(18-30-24)16-27-14-8-3-9-15-27)17-29-23(19-10-4-1-5-11-19)20-12-6-2-7-13-20/h1-2,4-7,10-13,18,23H,3,8-9,14-17H2,(H,25,26,28). The van der Waals surface area contributed by atoms with Crippen LogP contribution in [0.5, 0.6) is 0 Å². The monoisotopic (exact) mass is 421 g/mol. The van der Waals surface area contributed by atoms with Crippen molar-refractivity contribution < 1.29 is 9.53 Å². The number of aromatic nitrogens is 1. The SMILES string of the molecule is O=C(COC(c1ccccc1)c1ccccc1)Nc1nc(CN2CCCCC2)cs1. The van der Waals surface area contributed by atoms with Crippen LogP contribution in [0.15, 0.2) is 66.0 Å². The number of amides is 1. The molecule has 3 aromatic rings. The molecule has 5 nitrogen and oxygen atoms in total. The fraction of sp³-hybridized carbons (Fsp3) is 0.333. The number of hydrogen-bond donors (Lipinski definition) is 1. The minimum absolute atomic E-state index is 0.0322. The topological polar surface area (TPSA) is 54.5 Å². The predicted molar refractivity (Wildman–Crippen MR) is 121 cm³/mol. The highest BCUT2D eigenvalue weighted by Gasteiger charge is 2.17. The van der Waals surface area contributed by atoms with Gasteiger partial charge in [0.15, 0.2) is 5.13 Å². The summed E-state index contributed by atoms with van der Waals surface area (Å²) in [6.45, 7) is 3.09. The van der Waals surface area contributed by atoms with Crippen molar-refractivity contribution in [2.75, 3.05) is 25.0 Å². The molecule has 0 saturated carbocycles.